The van der Waals surface area contributed by atoms with Crippen molar-refractivity contribution in [2.45, 2.75) is 19.5 Å². The molecule has 0 bridgehead atoms. The minimum atomic E-state index is -0.443. The van der Waals surface area contributed by atoms with Gasteiger partial charge in [-0.2, -0.15) is 0 Å². The molecule has 0 aromatic heterocycles. The smallest absolute Gasteiger partial charge is 0.261 e. The zero-order valence-electron chi connectivity index (χ0n) is 16.5. The van der Waals surface area contributed by atoms with Crippen molar-refractivity contribution in [2.24, 2.45) is 10.2 Å². The maximum Gasteiger partial charge on any atom is 0.437 e. The fraction of sp³-hybridized carbons (Fsp3) is 0.130. The Bertz CT molecular complexity index is 1110. The van der Waals surface area contributed by atoms with Crippen LogP contribution in [0.25, 0.3) is 0 Å². The number of hydrogen-bond acceptors (Lipinski definition) is 4. The van der Waals surface area contributed by atoms with Gasteiger partial charge in [-0.25, -0.2) is 9.59 Å². The van der Waals surface area contributed by atoms with E-state index in [-0.39, 0.29) is 24.9 Å². The van der Waals surface area contributed by atoms with E-state index in [0.29, 0.717) is 6.42 Å². The molecule has 4 rings (SSSR count). The Kier molecular flexibility index (Phi) is 5.61. The Labute approximate surface area is 177 Å². The molecule has 0 saturated carbocycles. The van der Waals surface area contributed by atoms with Crippen molar-refractivity contribution in [1.29, 1.82) is 0 Å². The van der Waals surface area contributed by atoms with Gasteiger partial charge in [0.2, 0.25) is 13.1 Å². The highest BCUT2D eigenvalue weighted by Crippen LogP contribution is 2.14. The van der Waals surface area contributed by atoms with E-state index in [2.05, 4.69) is 10.2 Å². The average Bonchev–Trinajstić information content (AvgIpc) is 2.76. The predicted octanol–water partition coefficient (Wildman–Crippen LogP) is 2.45. The largest absolute Gasteiger partial charge is 0.437 e. The second kappa shape index (κ2) is 8.66. The lowest BCUT2D eigenvalue weighted by molar-refractivity contribution is -0.521. The fourth-order valence-electron chi connectivity index (χ4n) is 3.19. The summed E-state index contributed by atoms with van der Waals surface area (Å²) >= 11 is 0. The van der Waals surface area contributed by atoms with E-state index in [0.717, 1.165) is 43.8 Å². The van der Waals surface area contributed by atoms with Gasteiger partial charge in [-0.1, -0.05) is 48.5 Å². The van der Waals surface area contributed by atoms with Gasteiger partial charge in [0.05, 0.1) is 12.2 Å². The summed E-state index contributed by atoms with van der Waals surface area (Å²) in [5.74, 6) is -1.52. The zero-order valence-corrected chi connectivity index (χ0v) is 16.5. The highest BCUT2D eigenvalue weighted by Gasteiger charge is 2.24. The van der Waals surface area contributed by atoms with Crippen molar-refractivity contribution in [3.63, 3.8) is 0 Å². The molecular formula is C23H18N4O4+2. The highest BCUT2D eigenvalue weighted by atomic mass is 16.2. The van der Waals surface area contributed by atoms with Gasteiger partial charge in [-0.05, 0) is 26.9 Å². The monoisotopic (exact) mass is 414 g/mol. The van der Waals surface area contributed by atoms with Gasteiger partial charge in [0.1, 0.15) is 0 Å². The van der Waals surface area contributed by atoms with Crippen LogP contribution >= 0.6 is 0 Å². The summed E-state index contributed by atoms with van der Waals surface area (Å²) in [7, 11) is 0. The molecule has 0 N–H and O–H groups in total. The molecule has 2 aliphatic heterocycles. The molecule has 0 aliphatic carbocycles. The van der Waals surface area contributed by atoms with Crippen molar-refractivity contribution < 1.29 is 28.6 Å². The molecule has 8 heteroatoms. The van der Waals surface area contributed by atoms with Gasteiger partial charge in [-0.15, -0.1) is 0 Å². The number of carbonyl (C=O) groups excluding carboxylic acids is 4. The molecule has 31 heavy (non-hydrogen) atoms. The summed E-state index contributed by atoms with van der Waals surface area (Å²) in [5, 5.41) is 7.42. The van der Waals surface area contributed by atoms with E-state index in [9.17, 15) is 19.2 Å². The Morgan fingerprint density at radius 3 is 1.26 bits per heavy atom. The van der Waals surface area contributed by atoms with Crippen LogP contribution in [-0.4, -0.2) is 33.0 Å². The third kappa shape index (κ3) is 5.05. The van der Waals surface area contributed by atoms with E-state index in [1.54, 1.807) is 0 Å². The maximum atomic E-state index is 11.8. The Morgan fingerprint density at radius 1 is 0.516 bits per heavy atom. The molecule has 2 heterocycles. The lowest BCUT2D eigenvalue weighted by atomic mass is 10.0. The summed E-state index contributed by atoms with van der Waals surface area (Å²) in [6, 6.07) is 15.5. The molecule has 2 aromatic rings. The number of hydrogen-bond donors (Lipinski definition) is 0. The number of rotatable bonds is 6. The van der Waals surface area contributed by atoms with Crippen LogP contribution in [0.4, 0.5) is 0 Å². The number of benzene rings is 2. The molecule has 4 amide bonds. The van der Waals surface area contributed by atoms with E-state index in [1.165, 1.54) is 12.2 Å². The first-order valence-electron chi connectivity index (χ1n) is 9.62. The van der Waals surface area contributed by atoms with Crippen molar-refractivity contribution >= 4 is 23.6 Å². The van der Waals surface area contributed by atoms with Crippen LogP contribution in [-0.2, 0) is 38.7 Å². The molecule has 8 nitrogen and oxygen atoms in total. The number of azo groups is 4. The minimum absolute atomic E-state index is 0.238. The highest BCUT2D eigenvalue weighted by molar-refractivity contribution is 5.96. The molecule has 152 valence electrons. The first-order valence-corrected chi connectivity index (χ1v) is 9.62. The molecule has 2 aromatic carbocycles. The van der Waals surface area contributed by atoms with Crippen molar-refractivity contribution in [3.05, 3.63) is 95.1 Å². The molecule has 0 fully saturated rings. The number of amides is 4. The van der Waals surface area contributed by atoms with Crippen LogP contribution in [0, 0.1) is 0 Å². The van der Waals surface area contributed by atoms with Crippen molar-refractivity contribution in [2.75, 3.05) is 0 Å². The molecule has 0 spiro atoms. The fourth-order valence-corrected chi connectivity index (χ4v) is 3.19. The first kappa shape index (κ1) is 20.1. The second-order valence-electron chi connectivity index (χ2n) is 7.14. The average molecular weight is 414 g/mol. The van der Waals surface area contributed by atoms with Crippen LogP contribution in [0.2, 0.25) is 0 Å². The summed E-state index contributed by atoms with van der Waals surface area (Å²) in [6.45, 7) is 0.476. The van der Waals surface area contributed by atoms with Gasteiger partial charge < -0.3 is 0 Å². The number of nitrogens with zero attached hydrogens (tertiary/aromatic N) is 4. The van der Waals surface area contributed by atoms with Gasteiger partial charge in [0.25, 0.3) is 0 Å². The Hall–Kier alpha value is -4.20. The normalized spacial score (nSPS) is 15.9. The van der Waals surface area contributed by atoms with Crippen LogP contribution in [0.15, 0.2) is 83.1 Å². The molecule has 0 unspecified atom stereocenters. The third-order valence-corrected chi connectivity index (χ3v) is 4.80. The van der Waals surface area contributed by atoms with Crippen molar-refractivity contribution in [1.82, 2.24) is 0 Å². The van der Waals surface area contributed by atoms with Gasteiger partial charge in [0, 0.05) is 33.5 Å². The van der Waals surface area contributed by atoms with Crippen molar-refractivity contribution in [3.8, 4) is 0 Å². The summed E-state index contributed by atoms with van der Waals surface area (Å²) in [6.07, 6.45) is 5.46. The third-order valence-electron chi connectivity index (χ3n) is 4.80. The quantitative estimate of drug-likeness (QED) is 0.678. The summed E-state index contributed by atoms with van der Waals surface area (Å²) in [5.41, 5.74) is 3.92. The number of carbonyl (C=O) groups is 4. The van der Waals surface area contributed by atoms with Gasteiger partial charge in [-0.3, -0.25) is 9.59 Å². The van der Waals surface area contributed by atoms with Crippen LogP contribution in [0.3, 0.4) is 0 Å². The molecule has 0 radical (unpaired) electrons. The zero-order chi connectivity index (χ0) is 21.8. The lowest BCUT2D eigenvalue weighted by Gasteiger charge is -2.05. The molecule has 0 atom stereocenters. The SMILES string of the molecule is O=C1C=CC(=O)[N+](Cc2ccc(Cc3ccc(C[N+]4=NC(=O)C=CC4=O)cc3)cc2)=N1. The summed E-state index contributed by atoms with van der Waals surface area (Å²) < 4.78 is 2.30. The Balaban J connectivity index is 1.37. The van der Waals surface area contributed by atoms with E-state index in [4.69, 9.17) is 0 Å². The molecule has 0 saturated heterocycles. The first-order chi connectivity index (χ1) is 15.0. The maximum absolute atomic E-state index is 11.8. The molecular weight excluding hydrogens is 396 g/mol. The predicted molar refractivity (Wildman–Crippen MR) is 107 cm³/mol. The Morgan fingerprint density at radius 2 is 0.871 bits per heavy atom. The van der Waals surface area contributed by atoms with Crippen LogP contribution in [0.1, 0.15) is 22.3 Å². The van der Waals surface area contributed by atoms with E-state index < -0.39 is 11.8 Å². The van der Waals surface area contributed by atoms with E-state index >= 15 is 0 Å². The van der Waals surface area contributed by atoms with Crippen LogP contribution in [0.5, 0.6) is 0 Å². The minimum Gasteiger partial charge on any atom is -0.261 e. The molecule has 2 aliphatic rings. The van der Waals surface area contributed by atoms with Gasteiger partial charge in [0.15, 0.2) is 0 Å². The lowest BCUT2D eigenvalue weighted by Crippen LogP contribution is -2.21. The van der Waals surface area contributed by atoms with E-state index in [1.807, 2.05) is 48.5 Å². The topological polar surface area (TPSA) is 99.0 Å². The standard InChI is InChI=1S/C23H18N4O4/c28-20-9-11-22(30)26(24-20)14-18-5-1-16(2-6-18)13-17-3-7-19(8-4-17)15-27-23(31)12-10-21(29)25-27/h1-12H,13-15H2/q+2. The van der Waals surface area contributed by atoms with Gasteiger partial charge >= 0.3 is 23.6 Å². The second-order valence-corrected chi connectivity index (χ2v) is 7.14. The van der Waals surface area contributed by atoms with Crippen LogP contribution < -0.4 is 0 Å². The summed E-state index contributed by atoms with van der Waals surface area (Å²) in [4.78, 5) is 46.3.